The zero-order valence-corrected chi connectivity index (χ0v) is 13.4. The molecule has 2 nitrogen and oxygen atoms in total. The standard InChI is InChI=1S/C16H22Cl2N2/c1-20-14-4-5-15(20)10-13(9-14)19-7-6-11-2-3-12(17)8-16(11)18/h2-3,8,13-15,19H,4-7,9-10H2,1H3. The van der Waals surface area contributed by atoms with Crippen LogP contribution in [0.1, 0.15) is 31.2 Å². The third-order valence-electron chi connectivity index (χ3n) is 4.94. The maximum atomic E-state index is 6.21. The average Bonchev–Trinajstić information content (AvgIpc) is 2.64. The number of nitrogens with one attached hydrogen (secondary N) is 1. The summed E-state index contributed by atoms with van der Waals surface area (Å²) in [5.41, 5.74) is 1.18. The Bertz CT molecular complexity index is 464. The van der Waals surface area contributed by atoms with E-state index in [-0.39, 0.29) is 0 Å². The first kappa shape index (κ1) is 14.6. The molecule has 3 rings (SSSR count). The molecule has 0 amide bonds. The molecule has 20 heavy (non-hydrogen) atoms. The molecule has 2 heterocycles. The van der Waals surface area contributed by atoms with Gasteiger partial charge in [0.15, 0.2) is 0 Å². The zero-order valence-electron chi connectivity index (χ0n) is 11.9. The molecule has 0 radical (unpaired) electrons. The minimum Gasteiger partial charge on any atom is -0.314 e. The highest BCUT2D eigenvalue weighted by molar-refractivity contribution is 6.35. The maximum Gasteiger partial charge on any atom is 0.0453 e. The lowest BCUT2D eigenvalue weighted by Crippen LogP contribution is -2.47. The third-order valence-corrected chi connectivity index (χ3v) is 5.53. The average molecular weight is 313 g/mol. The van der Waals surface area contributed by atoms with E-state index in [1.54, 1.807) is 0 Å². The molecule has 2 aliphatic heterocycles. The van der Waals surface area contributed by atoms with Crippen LogP contribution in [-0.4, -0.2) is 36.6 Å². The van der Waals surface area contributed by atoms with Crippen LogP contribution < -0.4 is 5.32 Å². The summed E-state index contributed by atoms with van der Waals surface area (Å²) in [6.45, 7) is 0.995. The first-order chi connectivity index (χ1) is 9.63. The molecule has 2 atom stereocenters. The van der Waals surface area contributed by atoms with Crippen molar-refractivity contribution in [2.75, 3.05) is 13.6 Å². The monoisotopic (exact) mass is 312 g/mol. The minimum absolute atomic E-state index is 0.676. The molecule has 110 valence electrons. The molecule has 0 aliphatic carbocycles. The van der Waals surface area contributed by atoms with Crippen LogP contribution >= 0.6 is 23.2 Å². The first-order valence-corrected chi connectivity index (χ1v) is 8.28. The SMILES string of the molecule is CN1C2CCC1CC(NCCc1ccc(Cl)cc1Cl)C2. The predicted octanol–water partition coefficient (Wildman–Crippen LogP) is 3.75. The molecule has 2 saturated heterocycles. The van der Waals surface area contributed by atoms with Crippen molar-refractivity contribution < 1.29 is 0 Å². The zero-order chi connectivity index (χ0) is 14.1. The largest absolute Gasteiger partial charge is 0.314 e. The predicted molar refractivity (Wildman–Crippen MR) is 85.8 cm³/mol. The van der Waals surface area contributed by atoms with E-state index in [1.807, 2.05) is 18.2 Å². The fourth-order valence-electron chi connectivity index (χ4n) is 3.71. The van der Waals surface area contributed by atoms with Crippen LogP contribution in [0.25, 0.3) is 0 Å². The highest BCUT2D eigenvalue weighted by Crippen LogP contribution is 2.34. The number of fused-ring (bicyclic) bond motifs is 2. The van der Waals surface area contributed by atoms with E-state index in [4.69, 9.17) is 23.2 Å². The van der Waals surface area contributed by atoms with Crippen LogP contribution in [0.2, 0.25) is 10.0 Å². The second kappa shape index (κ2) is 6.23. The van der Waals surface area contributed by atoms with Gasteiger partial charge in [-0.05, 0) is 63.4 Å². The summed E-state index contributed by atoms with van der Waals surface area (Å²) < 4.78 is 0. The Labute approximate surface area is 131 Å². The maximum absolute atomic E-state index is 6.21. The Hall–Kier alpha value is -0.280. The molecule has 0 aromatic heterocycles. The Morgan fingerprint density at radius 3 is 2.55 bits per heavy atom. The number of halogens is 2. The highest BCUT2D eigenvalue weighted by Gasteiger charge is 2.37. The first-order valence-electron chi connectivity index (χ1n) is 7.52. The van der Waals surface area contributed by atoms with Gasteiger partial charge in [0, 0.05) is 28.2 Å². The summed E-state index contributed by atoms with van der Waals surface area (Å²) in [4.78, 5) is 2.58. The van der Waals surface area contributed by atoms with Gasteiger partial charge in [-0.2, -0.15) is 0 Å². The van der Waals surface area contributed by atoms with Gasteiger partial charge in [-0.15, -0.1) is 0 Å². The van der Waals surface area contributed by atoms with E-state index in [2.05, 4.69) is 17.3 Å². The van der Waals surface area contributed by atoms with Crippen LogP contribution in [0.15, 0.2) is 18.2 Å². The van der Waals surface area contributed by atoms with Crippen molar-refractivity contribution in [1.82, 2.24) is 10.2 Å². The summed E-state index contributed by atoms with van der Waals surface area (Å²) in [7, 11) is 2.28. The van der Waals surface area contributed by atoms with E-state index in [0.717, 1.165) is 30.1 Å². The number of hydrogen-bond acceptors (Lipinski definition) is 2. The van der Waals surface area contributed by atoms with Gasteiger partial charge in [-0.1, -0.05) is 29.3 Å². The lowest BCUT2D eigenvalue weighted by Gasteiger charge is -2.36. The van der Waals surface area contributed by atoms with Gasteiger partial charge in [0.2, 0.25) is 0 Å². The number of nitrogens with zero attached hydrogens (tertiary/aromatic N) is 1. The molecule has 1 N–H and O–H groups in total. The van der Waals surface area contributed by atoms with Crippen molar-refractivity contribution in [1.29, 1.82) is 0 Å². The van der Waals surface area contributed by atoms with Gasteiger partial charge in [-0.25, -0.2) is 0 Å². The van der Waals surface area contributed by atoms with Crippen molar-refractivity contribution >= 4 is 23.2 Å². The Balaban J connectivity index is 1.49. The fraction of sp³-hybridized carbons (Fsp3) is 0.625. The van der Waals surface area contributed by atoms with Crippen LogP contribution in [0, 0.1) is 0 Å². The number of hydrogen-bond donors (Lipinski definition) is 1. The lowest BCUT2D eigenvalue weighted by atomic mass is 9.98. The van der Waals surface area contributed by atoms with Crippen molar-refractivity contribution in [3.05, 3.63) is 33.8 Å². The molecule has 2 fully saturated rings. The highest BCUT2D eigenvalue weighted by atomic mass is 35.5. The summed E-state index contributed by atoms with van der Waals surface area (Å²) >= 11 is 12.1. The van der Waals surface area contributed by atoms with Gasteiger partial charge in [0.1, 0.15) is 0 Å². The number of piperidine rings is 1. The van der Waals surface area contributed by atoms with Crippen LogP contribution in [0.5, 0.6) is 0 Å². The number of benzene rings is 1. The lowest BCUT2D eigenvalue weighted by molar-refractivity contribution is 0.149. The van der Waals surface area contributed by atoms with Gasteiger partial charge in [-0.3, -0.25) is 0 Å². The van der Waals surface area contributed by atoms with Gasteiger partial charge >= 0.3 is 0 Å². The van der Waals surface area contributed by atoms with Crippen molar-refractivity contribution in [2.45, 2.75) is 50.2 Å². The third kappa shape index (κ3) is 3.14. The molecule has 0 spiro atoms. The van der Waals surface area contributed by atoms with E-state index in [1.165, 1.54) is 31.2 Å². The molecule has 0 saturated carbocycles. The van der Waals surface area contributed by atoms with Gasteiger partial charge in [0.05, 0.1) is 0 Å². The minimum atomic E-state index is 0.676. The second-order valence-corrected chi connectivity index (χ2v) is 7.00. The molecule has 4 heteroatoms. The summed E-state index contributed by atoms with van der Waals surface area (Å²) in [5, 5.41) is 5.20. The van der Waals surface area contributed by atoms with Crippen LogP contribution in [0.3, 0.4) is 0 Å². The smallest absolute Gasteiger partial charge is 0.0453 e. The van der Waals surface area contributed by atoms with E-state index < -0.39 is 0 Å². The number of rotatable bonds is 4. The Kier molecular flexibility index (Phi) is 4.56. The van der Waals surface area contributed by atoms with Gasteiger partial charge < -0.3 is 10.2 Å². The Morgan fingerprint density at radius 2 is 1.90 bits per heavy atom. The van der Waals surface area contributed by atoms with Crippen molar-refractivity contribution in [3.63, 3.8) is 0 Å². The summed E-state index contributed by atoms with van der Waals surface area (Å²) in [5.74, 6) is 0. The summed E-state index contributed by atoms with van der Waals surface area (Å²) in [6.07, 6.45) is 6.31. The fourth-order valence-corrected chi connectivity index (χ4v) is 4.22. The van der Waals surface area contributed by atoms with Gasteiger partial charge in [0.25, 0.3) is 0 Å². The molecule has 1 aromatic rings. The molecule has 2 aliphatic rings. The quantitative estimate of drug-likeness (QED) is 0.911. The van der Waals surface area contributed by atoms with E-state index in [0.29, 0.717) is 11.1 Å². The van der Waals surface area contributed by atoms with Crippen LogP contribution in [-0.2, 0) is 6.42 Å². The second-order valence-electron chi connectivity index (χ2n) is 6.16. The van der Waals surface area contributed by atoms with Crippen molar-refractivity contribution in [2.24, 2.45) is 0 Å². The van der Waals surface area contributed by atoms with E-state index in [9.17, 15) is 0 Å². The van der Waals surface area contributed by atoms with E-state index >= 15 is 0 Å². The normalized spacial score (nSPS) is 29.9. The Morgan fingerprint density at radius 1 is 1.20 bits per heavy atom. The summed E-state index contributed by atoms with van der Waals surface area (Å²) in [6, 6.07) is 8.04. The molecule has 1 aromatic carbocycles. The molecule has 2 bridgehead atoms. The molecular weight excluding hydrogens is 291 g/mol. The molecule has 2 unspecified atom stereocenters. The van der Waals surface area contributed by atoms with Crippen LogP contribution in [0.4, 0.5) is 0 Å². The molecular formula is C16H22Cl2N2. The van der Waals surface area contributed by atoms with Crippen molar-refractivity contribution in [3.8, 4) is 0 Å². The topological polar surface area (TPSA) is 15.3 Å².